The van der Waals surface area contributed by atoms with Gasteiger partial charge in [0.05, 0.1) is 11.4 Å². The van der Waals surface area contributed by atoms with E-state index in [0.717, 1.165) is 0 Å². The number of hydrogen-bond donors (Lipinski definition) is 0. The Balaban J connectivity index is 1.02. The highest BCUT2D eigenvalue weighted by molar-refractivity contribution is 7.06. The molecule has 2 aromatic heterocycles. The van der Waals surface area contributed by atoms with Crippen LogP contribution in [0.15, 0.2) is 73.3 Å². The normalized spacial score (nSPS) is 13.3. The summed E-state index contributed by atoms with van der Waals surface area (Å²) in [5.41, 5.74) is -24.0. The molecule has 4 heterocycles. The molecule has 2 aliphatic heterocycles. The summed E-state index contributed by atoms with van der Waals surface area (Å²) < 4.78 is 467. The molecule has 0 unspecified atom stereocenters. The van der Waals surface area contributed by atoms with Gasteiger partial charge in [-0.05, 0) is 57.0 Å². The van der Waals surface area contributed by atoms with Crippen molar-refractivity contribution in [3.05, 3.63) is 270 Å². The van der Waals surface area contributed by atoms with Crippen molar-refractivity contribution in [1.29, 1.82) is 0 Å². The Morgan fingerprint density at radius 3 is 0.470 bits per heavy atom. The fourth-order valence-corrected chi connectivity index (χ4v) is 12.7. The molecule has 0 radical (unpaired) electrons. The van der Waals surface area contributed by atoms with Crippen LogP contribution in [-0.4, -0.2) is 36.2 Å². The number of imide groups is 2. The van der Waals surface area contributed by atoms with Crippen LogP contribution >= 0.6 is 0 Å². The summed E-state index contributed by atoms with van der Waals surface area (Å²) in [6.07, 6.45) is -13.5. The van der Waals surface area contributed by atoms with Gasteiger partial charge in [-0.25, -0.2) is 142 Å². The van der Waals surface area contributed by atoms with Crippen molar-refractivity contribution in [3.8, 4) is 0 Å². The minimum atomic E-state index is -6.48. The third-order valence-corrected chi connectivity index (χ3v) is 16.9. The number of pyridine rings is 2. The molecule has 10 aromatic rings. The second kappa shape index (κ2) is 23.1. The highest BCUT2D eigenvalue weighted by Gasteiger charge is 2.60. The van der Waals surface area contributed by atoms with Gasteiger partial charge in [-0.3, -0.25) is 19.2 Å². The van der Waals surface area contributed by atoms with Crippen LogP contribution in [0.2, 0.25) is 0 Å². The predicted octanol–water partition coefficient (Wildman–Crippen LogP) is 10.2. The molecule has 0 spiro atoms. The van der Waals surface area contributed by atoms with Crippen LogP contribution in [0.4, 0.5) is 143 Å². The molecule has 512 valence electrons. The molecule has 100 heavy (non-hydrogen) atoms. The van der Waals surface area contributed by atoms with Crippen molar-refractivity contribution < 1.29 is 160 Å². The molecule has 0 saturated heterocycles. The summed E-state index contributed by atoms with van der Waals surface area (Å²) in [6.45, 7) is 0. The molecular formula is C60H12B2F30N4O4. The van der Waals surface area contributed by atoms with Crippen LogP contribution in [0, 0.1) is 175 Å². The first-order chi connectivity index (χ1) is 46.8. The molecule has 0 fully saturated rings. The molecule has 4 amide bonds. The zero-order valence-electron chi connectivity index (χ0n) is 46.8. The molecule has 0 N–H and O–H groups in total. The van der Waals surface area contributed by atoms with E-state index in [1.54, 1.807) is 0 Å². The van der Waals surface area contributed by atoms with Gasteiger partial charge in [-0.1, -0.05) is 0 Å². The van der Waals surface area contributed by atoms with Gasteiger partial charge in [0.15, 0.2) is 105 Å². The van der Waals surface area contributed by atoms with E-state index < -0.39 is 297 Å². The van der Waals surface area contributed by atoms with Crippen molar-refractivity contribution >= 4 is 91.1 Å². The number of anilines is 2. The number of benzene rings is 8. The maximum Gasteiger partial charge on any atom is 0.377 e. The van der Waals surface area contributed by atoms with Crippen LogP contribution in [0.3, 0.4) is 0 Å². The smallest absolute Gasteiger partial charge is 0.377 e. The van der Waals surface area contributed by atoms with Gasteiger partial charge in [-0.15, -0.1) is 0 Å². The van der Waals surface area contributed by atoms with Crippen LogP contribution < -0.4 is 51.5 Å². The summed E-state index contributed by atoms with van der Waals surface area (Å²) in [6, 6.07) is 3.16. The molecule has 12 rings (SSSR count). The summed E-state index contributed by atoms with van der Waals surface area (Å²) >= 11 is 0. The van der Waals surface area contributed by atoms with Gasteiger partial charge in [0.2, 0.25) is 0 Å². The van der Waals surface area contributed by atoms with Gasteiger partial charge in [0.25, 0.3) is 23.6 Å². The summed E-state index contributed by atoms with van der Waals surface area (Å²) in [5.74, 6) is -107. The second-order valence-corrected chi connectivity index (χ2v) is 21.5. The maximum absolute atomic E-state index is 16.4. The SMILES string of the molecule is O=C1c2ccc3c4c(ccc(c24)C(=O)N1c1cc[n+]([B-](c2c(F)c(F)c(F)c(F)c2F)(c2c(F)c(F)c(F)c(F)c2F)c2c(F)c(F)c(F)c(F)c2F)cc1)C(=O)N(c1cc[n+]([B-](c2c(F)c(F)c(F)c(F)c2F)(c2c(F)c(F)c(F)c(F)c2F)c2c(F)c(F)c(F)c(F)c2F)cc1)C3=O. The predicted molar refractivity (Wildman–Crippen MR) is 277 cm³/mol. The Morgan fingerprint density at radius 1 is 0.200 bits per heavy atom. The number of rotatable bonds is 10. The standard InChI is InChI=1S/C60H12B2F30N4O4/c63-27-21(28(64)40(76)51(87)39(27)75)61(22-29(65)41(77)52(88)42(78)30(22)66,23-31(67)43(79)53(89)44(80)32(23)68)93-9-5-13(6-10-93)95-57(97)15-1-2-16-20-18(4-3-17(19(15)20)59(95)99)60(100)96(58(16)98)14-7-11-94(12-8-14)62(24-33(69)45(81)54(90)46(82)34(24)70,25-35(71)47(83)55(91)48(84)36(25)72)26-37(73)49(85)56(92)50(86)38(26)74/h1-12H. The van der Waals surface area contributed by atoms with Crippen molar-refractivity contribution in [2.75, 3.05) is 9.80 Å². The first-order valence-electron chi connectivity index (χ1n) is 26.7. The zero-order valence-corrected chi connectivity index (χ0v) is 46.8. The molecule has 0 saturated carbocycles. The number of amides is 4. The average Bonchev–Trinajstić information content (AvgIpc) is 0.639. The fraction of sp³-hybridized carbons (Fsp3) is 0. The van der Waals surface area contributed by atoms with E-state index in [9.17, 15) is 45.5 Å². The number of hydrogen-bond acceptors (Lipinski definition) is 4. The molecule has 8 nitrogen and oxygen atoms in total. The Hall–Kier alpha value is -11.4. The first kappa shape index (κ1) is 68.6. The Bertz CT molecular complexity index is 4600. The number of nitrogens with zero attached hydrogens (tertiary/aromatic N) is 4. The highest BCUT2D eigenvalue weighted by atomic mass is 19.2. The summed E-state index contributed by atoms with van der Waals surface area (Å²) in [4.78, 5) is 58.3. The highest BCUT2D eigenvalue weighted by Crippen LogP contribution is 2.41. The first-order valence-corrected chi connectivity index (χ1v) is 26.7. The number of halogens is 30. The van der Waals surface area contributed by atoms with Crippen molar-refractivity contribution in [3.63, 3.8) is 0 Å². The van der Waals surface area contributed by atoms with E-state index >= 15 is 105 Å². The molecule has 8 aromatic carbocycles. The van der Waals surface area contributed by atoms with Gasteiger partial charge < -0.3 is 8.96 Å². The van der Waals surface area contributed by atoms with E-state index in [-0.39, 0.29) is 58.9 Å². The van der Waals surface area contributed by atoms with Gasteiger partial charge in [0, 0.05) is 57.3 Å². The summed E-state index contributed by atoms with van der Waals surface area (Å²) in [5, 5.41) is -1.43. The monoisotopic (exact) mass is 1440 g/mol. The van der Waals surface area contributed by atoms with Gasteiger partial charge in [0.1, 0.15) is 94.6 Å². The Morgan fingerprint density at radius 2 is 0.330 bits per heavy atom. The van der Waals surface area contributed by atoms with E-state index in [4.69, 9.17) is 0 Å². The van der Waals surface area contributed by atoms with E-state index in [0.29, 0.717) is 24.3 Å². The molecule has 0 aliphatic carbocycles. The quantitative estimate of drug-likeness (QED) is 0.0449. The van der Waals surface area contributed by atoms with Crippen LogP contribution in [0.1, 0.15) is 41.4 Å². The van der Waals surface area contributed by atoms with Crippen molar-refractivity contribution in [2.45, 2.75) is 0 Å². The van der Waals surface area contributed by atoms with Gasteiger partial charge >= 0.3 is 12.6 Å². The minimum Gasteiger partial charge on any atom is -0.414 e. The largest absolute Gasteiger partial charge is 0.414 e. The molecule has 40 heteroatoms. The summed E-state index contributed by atoms with van der Waals surface area (Å²) in [7, 11) is 0. The lowest BCUT2D eigenvalue weighted by Gasteiger charge is -2.38. The molecule has 0 atom stereocenters. The van der Waals surface area contributed by atoms with Crippen molar-refractivity contribution in [2.24, 2.45) is 0 Å². The van der Waals surface area contributed by atoms with Crippen LogP contribution in [-0.2, 0) is 0 Å². The lowest BCUT2D eigenvalue weighted by atomic mass is 9.23. The van der Waals surface area contributed by atoms with E-state index in [2.05, 4.69) is 0 Å². The molecular weight excluding hydrogens is 1430 g/mol. The molecule has 0 bridgehead atoms. The number of carbonyl (C=O) groups is 4. The van der Waals surface area contributed by atoms with Crippen molar-refractivity contribution in [1.82, 2.24) is 0 Å². The van der Waals surface area contributed by atoms with Crippen LogP contribution in [0.25, 0.3) is 10.8 Å². The lowest BCUT2D eigenvalue weighted by Crippen LogP contribution is -2.88. The van der Waals surface area contributed by atoms with E-state index in [1.165, 1.54) is 0 Å². The average molecular weight is 1440 g/mol. The topological polar surface area (TPSA) is 82.5 Å². The minimum absolute atomic E-state index is 0.00153. The molecule has 2 aliphatic rings. The third-order valence-electron chi connectivity index (χ3n) is 16.9. The lowest BCUT2D eigenvalue weighted by molar-refractivity contribution is -0.539. The second-order valence-electron chi connectivity index (χ2n) is 21.5. The van der Waals surface area contributed by atoms with Gasteiger partial charge in [-0.2, -0.15) is 0 Å². The number of carbonyl (C=O) groups excluding carboxylic acids is 4. The fourth-order valence-electron chi connectivity index (χ4n) is 12.7. The van der Waals surface area contributed by atoms with Crippen LogP contribution in [0.5, 0.6) is 0 Å². The Kier molecular flexibility index (Phi) is 15.9. The zero-order chi connectivity index (χ0) is 73.5. The maximum atomic E-state index is 16.4. The van der Waals surface area contributed by atoms with E-state index in [1.807, 2.05) is 0 Å². The number of aromatic nitrogens is 2. The Labute approximate surface area is 529 Å². The third kappa shape index (κ3) is 8.67.